The highest BCUT2D eigenvalue weighted by Gasteiger charge is 2.16. The van der Waals surface area contributed by atoms with E-state index in [1.165, 1.54) is 12.5 Å². The van der Waals surface area contributed by atoms with Crippen molar-refractivity contribution >= 4 is 28.2 Å². The van der Waals surface area contributed by atoms with E-state index in [0.29, 0.717) is 5.52 Å². The van der Waals surface area contributed by atoms with Gasteiger partial charge < -0.3 is 5.73 Å². The van der Waals surface area contributed by atoms with Crippen LogP contribution < -0.4 is 5.73 Å². The molecule has 0 amide bonds. The molecule has 2 nitrogen and oxygen atoms in total. The Morgan fingerprint density at radius 1 is 1.17 bits per heavy atom. The minimum Gasteiger partial charge on any atom is -0.398 e. The molecule has 2 aromatic rings. The number of aromatic nitrogens is 1. The van der Waals surface area contributed by atoms with Gasteiger partial charge in [0, 0.05) is 22.8 Å². The number of pyridine rings is 1. The van der Waals surface area contributed by atoms with Crippen molar-refractivity contribution < 1.29 is 4.39 Å². The first-order valence-electron chi connectivity index (χ1n) is 6.23. The van der Waals surface area contributed by atoms with Crippen LogP contribution in [0.1, 0.15) is 30.5 Å². The van der Waals surface area contributed by atoms with Crippen LogP contribution in [0.15, 0.2) is 12.1 Å². The molecule has 18 heavy (non-hydrogen) atoms. The van der Waals surface area contributed by atoms with E-state index < -0.39 is 5.82 Å². The first kappa shape index (κ1) is 11.7. The average molecular weight is 265 g/mol. The second-order valence-electron chi connectivity index (χ2n) is 4.79. The molecule has 0 saturated heterocycles. The van der Waals surface area contributed by atoms with Crippen LogP contribution in [0.3, 0.4) is 0 Å². The second-order valence-corrected chi connectivity index (χ2v) is 5.20. The molecule has 1 heterocycles. The fraction of sp³-hybridized carbons (Fsp3) is 0.357. The van der Waals surface area contributed by atoms with E-state index in [2.05, 4.69) is 4.98 Å². The molecule has 3 rings (SSSR count). The zero-order valence-corrected chi connectivity index (χ0v) is 10.7. The topological polar surface area (TPSA) is 38.9 Å². The van der Waals surface area contributed by atoms with Gasteiger partial charge in [-0.05, 0) is 37.3 Å². The third-order valence-electron chi connectivity index (χ3n) is 3.60. The van der Waals surface area contributed by atoms with Crippen molar-refractivity contribution in [3.05, 3.63) is 34.2 Å². The van der Waals surface area contributed by atoms with Gasteiger partial charge in [0.05, 0.1) is 10.5 Å². The van der Waals surface area contributed by atoms with E-state index in [1.54, 1.807) is 6.07 Å². The number of fused-ring (bicyclic) bond motifs is 2. The highest BCUT2D eigenvalue weighted by atomic mass is 35.5. The number of nitrogens with two attached hydrogens (primary N) is 1. The lowest BCUT2D eigenvalue weighted by Gasteiger charge is -2.12. The molecule has 1 aromatic carbocycles. The van der Waals surface area contributed by atoms with Gasteiger partial charge in [-0.1, -0.05) is 18.0 Å². The number of aryl methyl sites for hydroxylation is 1. The quantitative estimate of drug-likeness (QED) is 0.734. The number of hydrogen-bond donors (Lipinski definition) is 1. The Kier molecular flexibility index (Phi) is 2.86. The number of nitrogens with zero attached hydrogens (tertiary/aromatic N) is 1. The summed E-state index contributed by atoms with van der Waals surface area (Å²) in [6, 6.07) is 2.96. The summed E-state index contributed by atoms with van der Waals surface area (Å²) in [7, 11) is 0. The lowest BCUT2D eigenvalue weighted by molar-refractivity contribution is 0.629. The van der Waals surface area contributed by atoms with Gasteiger partial charge in [-0.2, -0.15) is 0 Å². The summed E-state index contributed by atoms with van der Waals surface area (Å²) in [5.74, 6) is -0.440. The van der Waals surface area contributed by atoms with Crippen molar-refractivity contribution in [3.63, 3.8) is 0 Å². The van der Waals surface area contributed by atoms with Gasteiger partial charge in [0.1, 0.15) is 5.82 Å². The van der Waals surface area contributed by atoms with E-state index in [-0.39, 0.29) is 5.02 Å². The number of benzene rings is 1. The maximum Gasteiger partial charge on any atom is 0.143 e. The van der Waals surface area contributed by atoms with E-state index in [1.807, 2.05) is 0 Å². The predicted octanol–water partition coefficient (Wildman–Crippen LogP) is 3.88. The summed E-state index contributed by atoms with van der Waals surface area (Å²) >= 11 is 5.82. The molecule has 1 aliphatic carbocycles. The van der Waals surface area contributed by atoms with Crippen LogP contribution in [0.2, 0.25) is 5.02 Å². The lowest BCUT2D eigenvalue weighted by Crippen LogP contribution is -2.03. The number of nitrogen functional groups attached to an aromatic ring is 1. The van der Waals surface area contributed by atoms with Crippen molar-refractivity contribution in [1.29, 1.82) is 0 Å². The van der Waals surface area contributed by atoms with Gasteiger partial charge in [0.2, 0.25) is 0 Å². The molecule has 94 valence electrons. The average Bonchev–Trinajstić information content (AvgIpc) is 2.58. The summed E-state index contributed by atoms with van der Waals surface area (Å²) in [5, 5.41) is 0.867. The molecule has 2 N–H and O–H groups in total. The first-order chi connectivity index (χ1) is 8.66. The van der Waals surface area contributed by atoms with Crippen LogP contribution in [-0.2, 0) is 12.8 Å². The fourth-order valence-electron chi connectivity index (χ4n) is 2.63. The first-order valence-corrected chi connectivity index (χ1v) is 6.60. The zero-order valence-electron chi connectivity index (χ0n) is 9.97. The Hall–Kier alpha value is -1.35. The van der Waals surface area contributed by atoms with Crippen LogP contribution >= 0.6 is 11.6 Å². The zero-order chi connectivity index (χ0) is 12.7. The van der Waals surface area contributed by atoms with Crippen LogP contribution in [-0.4, -0.2) is 4.98 Å². The lowest BCUT2D eigenvalue weighted by atomic mass is 10.0. The maximum absolute atomic E-state index is 13.5. The standard InChI is InChI=1S/C14H14ClFN2/c15-10-6-9-13(7-11(10)16)18-12-5-3-1-2-4-8(12)14(9)17/h6-7H,1-5H2,(H2,17,18). The SMILES string of the molecule is Nc1c2c(nc3cc(F)c(Cl)cc13)CCCCC2. The molecule has 0 aliphatic heterocycles. The van der Waals surface area contributed by atoms with Crippen LogP contribution in [0.4, 0.5) is 10.1 Å². The van der Waals surface area contributed by atoms with Gasteiger partial charge >= 0.3 is 0 Å². The third-order valence-corrected chi connectivity index (χ3v) is 3.89. The molecule has 1 aromatic heterocycles. The van der Waals surface area contributed by atoms with Crippen molar-refractivity contribution in [2.24, 2.45) is 0 Å². The van der Waals surface area contributed by atoms with Crippen molar-refractivity contribution in [2.45, 2.75) is 32.1 Å². The smallest absolute Gasteiger partial charge is 0.143 e. The molecule has 4 heteroatoms. The number of halogens is 2. The van der Waals surface area contributed by atoms with Crippen LogP contribution in [0, 0.1) is 5.82 Å². The van der Waals surface area contributed by atoms with Crippen molar-refractivity contribution in [2.75, 3.05) is 5.73 Å². The minimum absolute atomic E-state index is 0.101. The molecule has 0 fully saturated rings. The van der Waals surface area contributed by atoms with E-state index in [9.17, 15) is 4.39 Å². The predicted molar refractivity (Wildman–Crippen MR) is 72.4 cm³/mol. The second kappa shape index (κ2) is 4.39. The van der Waals surface area contributed by atoms with E-state index in [0.717, 1.165) is 48.0 Å². The van der Waals surface area contributed by atoms with Crippen molar-refractivity contribution in [1.82, 2.24) is 4.98 Å². The number of rotatable bonds is 0. The molecule has 1 aliphatic rings. The van der Waals surface area contributed by atoms with Gasteiger partial charge in [0.15, 0.2) is 0 Å². The van der Waals surface area contributed by atoms with E-state index in [4.69, 9.17) is 17.3 Å². The summed E-state index contributed by atoms with van der Waals surface area (Å²) in [6.45, 7) is 0. The number of hydrogen-bond acceptors (Lipinski definition) is 2. The van der Waals surface area contributed by atoms with Gasteiger partial charge in [-0.3, -0.25) is 4.98 Å². The fourth-order valence-corrected chi connectivity index (χ4v) is 2.80. The molecule has 0 radical (unpaired) electrons. The minimum atomic E-state index is -0.440. The monoisotopic (exact) mass is 264 g/mol. The maximum atomic E-state index is 13.5. The third kappa shape index (κ3) is 1.83. The molecule has 0 atom stereocenters. The Labute approximate surface area is 110 Å². The molecule has 0 bridgehead atoms. The Balaban J connectivity index is 2.31. The van der Waals surface area contributed by atoms with Gasteiger partial charge in [0.25, 0.3) is 0 Å². The number of anilines is 1. The van der Waals surface area contributed by atoms with E-state index >= 15 is 0 Å². The molecular weight excluding hydrogens is 251 g/mol. The Morgan fingerprint density at radius 2 is 1.94 bits per heavy atom. The Bertz CT molecular complexity index is 625. The van der Waals surface area contributed by atoms with Crippen LogP contribution in [0.25, 0.3) is 10.9 Å². The van der Waals surface area contributed by atoms with Crippen molar-refractivity contribution in [3.8, 4) is 0 Å². The van der Waals surface area contributed by atoms with Gasteiger partial charge in [-0.25, -0.2) is 4.39 Å². The molecule has 0 spiro atoms. The largest absolute Gasteiger partial charge is 0.398 e. The highest BCUT2D eigenvalue weighted by Crippen LogP contribution is 2.32. The molecular formula is C14H14ClFN2. The summed E-state index contributed by atoms with van der Waals surface area (Å²) in [4.78, 5) is 4.56. The highest BCUT2D eigenvalue weighted by molar-refractivity contribution is 6.31. The Morgan fingerprint density at radius 3 is 2.78 bits per heavy atom. The molecule has 0 saturated carbocycles. The molecule has 0 unspecified atom stereocenters. The van der Waals surface area contributed by atoms with Gasteiger partial charge in [-0.15, -0.1) is 0 Å². The summed E-state index contributed by atoms with van der Waals surface area (Å²) in [6.07, 6.45) is 5.35. The summed E-state index contributed by atoms with van der Waals surface area (Å²) in [5.41, 5.74) is 9.69. The summed E-state index contributed by atoms with van der Waals surface area (Å²) < 4.78 is 13.5. The van der Waals surface area contributed by atoms with Crippen LogP contribution in [0.5, 0.6) is 0 Å². The normalized spacial score (nSPS) is 15.4.